The summed E-state index contributed by atoms with van der Waals surface area (Å²) in [6.07, 6.45) is 2.35. The molecule has 0 saturated carbocycles. The van der Waals surface area contributed by atoms with E-state index in [1.165, 1.54) is 16.7 Å². The standard InChI is InChI=1S/C16H21N3O/c1-11-5-6-12(2)14(7-11)15(17-3)8-13-9-16(20-4)19-10-18-13/h5-7,9-10,15,17H,8H2,1-4H3. The minimum atomic E-state index is 0.231. The number of methoxy groups -OCH3 is 1. The van der Waals surface area contributed by atoms with Crippen LogP contribution in [0.4, 0.5) is 0 Å². The van der Waals surface area contributed by atoms with E-state index in [-0.39, 0.29) is 6.04 Å². The highest BCUT2D eigenvalue weighted by atomic mass is 16.5. The number of benzene rings is 1. The predicted molar refractivity (Wildman–Crippen MR) is 80.0 cm³/mol. The molecule has 4 heteroatoms. The molecular weight excluding hydrogens is 250 g/mol. The summed E-state index contributed by atoms with van der Waals surface area (Å²) in [4.78, 5) is 8.36. The topological polar surface area (TPSA) is 47.0 Å². The number of hydrogen-bond donors (Lipinski definition) is 1. The molecule has 1 heterocycles. The second kappa shape index (κ2) is 6.48. The van der Waals surface area contributed by atoms with Crippen LogP contribution in [-0.4, -0.2) is 24.1 Å². The first-order valence-corrected chi connectivity index (χ1v) is 6.73. The minimum Gasteiger partial charge on any atom is -0.481 e. The summed E-state index contributed by atoms with van der Waals surface area (Å²) in [5, 5.41) is 3.37. The molecule has 0 amide bonds. The Morgan fingerprint density at radius 3 is 2.70 bits per heavy atom. The highest BCUT2D eigenvalue weighted by Gasteiger charge is 2.14. The van der Waals surface area contributed by atoms with Gasteiger partial charge in [0.1, 0.15) is 6.33 Å². The molecule has 0 spiro atoms. The van der Waals surface area contributed by atoms with Gasteiger partial charge in [0, 0.05) is 24.2 Å². The Morgan fingerprint density at radius 1 is 1.20 bits per heavy atom. The van der Waals surface area contributed by atoms with Crippen LogP contribution in [0.15, 0.2) is 30.6 Å². The van der Waals surface area contributed by atoms with Crippen molar-refractivity contribution in [2.24, 2.45) is 0 Å². The third-order valence-corrected chi connectivity index (χ3v) is 3.48. The van der Waals surface area contributed by atoms with Gasteiger partial charge in [0.15, 0.2) is 0 Å². The molecule has 1 aromatic heterocycles. The lowest BCUT2D eigenvalue weighted by atomic mass is 9.96. The van der Waals surface area contributed by atoms with Crippen LogP contribution in [-0.2, 0) is 6.42 Å². The van der Waals surface area contributed by atoms with Crippen molar-refractivity contribution in [2.75, 3.05) is 14.2 Å². The number of aromatic nitrogens is 2. The van der Waals surface area contributed by atoms with Crippen molar-refractivity contribution < 1.29 is 4.74 Å². The van der Waals surface area contributed by atoms with Gasteiger partial charge >= 0.3 is 0 Å². The predicted octanol–water partition coefficient (Wildman–Crippen LogP) is 2.61. The van der Waals surface area contributed by atoms with Crippen molar-refractivity contribution in [3.8, 4) is 5.88 Å². The van der Waals surface area contributed by atoms with Gasteiger partial charge in [0.05, 0.1) is 7.11 Å². The van der Waals surface area contributed by atoms with E-state index >= 15 is 0 Å². The average Bonchev–Trinajstić information content (AvgIpc) is 2.47. The normalized spacial score (nSPS) is 12.2. The lowest BCUT2D eigenvalue weighted by molar-refractivity contribution is 0.395. The van der Waals surface area contributed by atoms with Gasteiger partial charge in [-0.1, -0.05) is 23.8 Å². The molecule has 106 valence electrons. The van der Waals surface area contributed by atoms with Gasteiger partial charge in [-0.3, -0.25) is 0 Å². The number of hydrogen-bond acceptors (Lipinski definition) is 4. The Morgan fingerprint density at radius 2 is 2.00 bits per heavy atom. The Hall–Kier alpha value is -1.94. The molecule has 2 rings (SSSR count). The molecule has 0 aliphatic heterocycles. The van der Waals surface area contributed by atoms with Crippen molar-refractivity contribution >= 4 is 0 Å². The summed E-state index contributed by atoms with van der Waals surface area (Å²) in [7, 11) is 3.59. The summed E-state index contributed by atoms with van der Waals surface area (Å²) in [5.74, 6) is 0.603. The van der Waals surface area contributed by atoms with E-state index in [2.05, 4.69) is 47.3 Å². The SMILES string of the molecule is CNC(Cc1cc(OC)ncn1)c1cc(C)ccc1C. The fraction of sp³-hybridized carbons (Fsp3) is 0.375. The number of nitrogens with one attached hydrogen (secondary N) is 1. The molecule has 0 radical (unpaired) electrons. The van der Waals surface area contributed by atoms with Crippen LogP contribution in [0.5, 0.6) is 5.88 Å². The summed E-state index contributed by atoms with van der Waals surface area (Å²) in [6, 6.07) is 8.65. The number of ether oxygens (including phenoxy) is 1. The maximum atomic E-state index is 5.15. The van der Waals surface area contributed by atoms with Crippen LogP contribution < -0.4 is 10.1 Å². The quantitative estimate of drug-likeness (QED) is 0.908. The van der Waals surface area contributed by atoms with E-state index in [0.29, 0.717) is 5.88 Å². The van der Waals surface area contributed by atoms with Crippen molar-refractivity contribution in [2.45, 2.75) is 26.3 Å². The van der Waals surface area contributed by atoms with Crippen LogP contribution in [0.2, 0.25) is 0 Å². The fourth-order valence-electron chi connectivity index (χ4n) is 2.31. The van der Waals surface area contributed by atoms with Crippen molar-refractivity contribution in [1.82, 2.24) is 15.3 Å². The third-order valence-electron chi connectivity index (χ3n) is 3.48. The molecule has 0 aliphatic rings. The molecule has 0 fully saturated rings. The minimum absolute atomic E-state index is 0.231. The first-order valence-electron chi connectivity index (χ1n) is 6.73. The Bertz CT molecular complexity index is 584. The molecule has 1 aromatic carbocycles. The van der Waals surface area contributed by atoms with Gasteiger partial charge in [-0.2, -0.15) is 0 Å². The van der Waals surface area contributed by atoms with Crippen LogP contribution in [0.25, 0.3) is 0 Å². The van der Waals surface area contributed by atoms with Gasteiger partial charge in [0.25, 0.3) is 0 Å². The molecule has 1 N–H and O–H groups in total. The number of nitrogens with zero attached hydrogens (tertiary/aromatic N) is 2. The highest BCUT2D eigenvalue weighted by molar-refractivity contribution is 5.34. The van der Waals surface area contributed by atoms with Crippen LogP contribution in [0, 0.1) is 13.8 Å². The van der Waals surface area contributed by atoms with Gasteiger partial charge < -0.3 is 10.1 Å². The zero-order valence-corrected chi connectivity index (χ0v) is 12.5. The summed E-state index contributed by atoms with van der Waals surface area (Å²) < 4.78 is 5.15. The van der Waals surface area contributed by atoms with Crippen molar-refractivity contribution in [1.29, 1.82) is 0 Å². The van der Waals surface area contributed by atoms with E-state index in [1.54, 1.807) is 13.4 Å². The number of aryl methyl sites for hydroxylation is 2. The fourth-order valence-corrected chi connectivity index (χ4v) is 2.31. The maximum absolute atomic E-state index is 5.15. The van der Waals surface area contributed by atoms with Gasteiger partial charge in [-0.25, -0.2) is 9.97 Å². The summed E-state index contributed by atoms with van der Waals surface area (Å²) in [5.41, 5.74) is 4.84. The van der Waals surface area contributed by atoms with E-state index in [1.807, 2.05) is 13.1 Å². The van der Waals surface area contributed by atoms with E-state index in [4.69, 9.17) is 4.74 Å². The van der Waals surface area contributed by atoms with Gasteiger partial charge in [0.2, 0.25) is 5.88 Å². The van der Waals surface area contributed by atoms with Gasteiger partial charge in [-0.05, 0) is 32.0 Å². The molecule has 1 atom stereocenters. The Kier molecular flexibility index (Phi) is 4.69. The van der Waals surface area contributed by atoms with E-state index in [0.717, 1.165) is 12.1 Å². The van der Waals surface area contributed by atoms with E-state index < -0.39 is 0 Å². The molecule has 4 nitrogen and oxygen atoms in total. The largest absolute Gasteiger partial charge is 0.481 e. The van der Waals surface area contributed by atoms with Crippen molar-refractivity contribution in [3.63, 3.8) is 0 Å². The third kappa shape index (κ3) is 3.33. The molecule has 0 aliphatic carbocycles. The second-order valence-corrected chi connectivity index (χ2v) is 4.96. The lowest BCUT2D eigenvalue weighted by Crippen LogP contribution is -2.20. The summed E-state index contributed by atoms with van der Waals surface area (Å²) in [6.45, 7) is 4.25. The molecule has 0 bridgehead atoms. The zero-order chi connectivity index (χ0) is 14.5. The number of likely N-dealkylation sites (N-methyl/N-ethyl adjacent to an activating group) is 1. The molecule has 2 aromatic rings. The maximum Gasteiger partial charge on any atom is 0.216 e. The van der Waals surface area contributed by atoms with E-state index in [9.17, 15) is 0 Å². The van der Waals surface area contributed by atoms with Crippen molar-refractivity contribution in [3.05, 3.63) is 53.0 Å². The number of rotatable bonds is 5. The monoisotopic (exact) mass is 271 g/mol. The Labute approximate surface area is 120 Å². The average molecular weight is 271 g/mol. The highest BCUT2D eigenvalue weighted by Crippen LogP contribution is 2.22. The molecule has 0 saturated heterocycles. The molecule has 1 unspecified atom stereocenters. The molecular formula is C16H21N3O. The Balaban J connectivity index is 2.26. The smallest absolute Gasteiger partial charge is 0.216 e. The zero-order valence-electron chi connectivity index (χ0n) is 12.5. The molecule has 20 heavy (non-hydrogen) atoms. The van der Waals surface area contributed by atoms with Crippen LogP contribution in [0.1, 0.15) is 28.4 Å². The first-order chi connectivity index (χ1) is 9.63. The summed E-state index contributed by atoms with van der Waals surface area (Å²) >= 11 is 0. The van der Waals surface area contributed by atoms with Crippen LogP contribution >= 0.6 is 0 Å². The van der Waals surface area contributed by atoms with Crippen LogP contribution in [0.3, 0.4) is 0 Å². The second-order valence-electron chi connectivity index (χ2n) is 4.96. The lowest BCUT2D eigenvalue weighted by Gasteiger charge is -2.19. The first kappa shape index (κ1) is 14.5. The van der Waals surface area contributed by atoms with Gasteiger partial charge in [-0.15, -0.1) is 0 Å².